The highest BCUT2D eigenvalue weighted by Crippen LogP contribution is 2.32. The first-order chi connectivity index (χ1) is 11.8. The molecule has 2 aliphatic rings. The normalized spacial score (nSPS) is 20.6. The third-order valence-electron chi connectivity index (χ3n) is 5.70. The average Bonchev–Trinajstić information content (AvgIpc) is 3.29. The summed E-state index contributed by atoms with van der Waals surface area (Å²) in [6.07, 6.45) is 9.02. The van der Waals surface area contributed by atoms with Crippen molar-refractivity contribution in [1.29, 1.82) is 0 Å². The summed E-state index contributed by atoms with van der Waals surface area (Å²) in [5.74, 6) is 1.58. The van der Waals surface area contributed by atoms with Crippen molar-refractivity contribution in [1.82, 2.24) is 20.2 Å². The summed E-state index contributed by atoms with van der Waals surface area (Å²) < 4.78 is 0. The van der Waals surface area contributed by atoms with Gasteiger partial charge in [0.25, 0.3) is 0 Å². The van der Waals surface area contributed by atoms with E-state index < -0.39 is 0 Å². The summed E-state index contributed by atoms with van der Waals surface area (Å²) in [4.78, 5) is 22.2. The number of nitrogens with zero attached hydrogens (tertiary/aromatic N) is 2. The molecule has 1 unspecified atom stereocenters. The lowest BCUT2D eigenvalue weighted by molar-refractivity contribution is -0.132. The molecule has 7 heteroatoms. The molecule has 144 valence electrons. The number of H-pyrrole nitrogens is 1. The number of aromatic nitrogens is 2. The van der Waals surface area contributed by atoms with Gasteiger partial charge in [-0.1, -0.05) is 0 Å². The third-order valence-corrected chi connectivity index (χ3v) is 5.70. The Morgan fingerprint density at radius 2 is 2.04 bits per heavy atom. The van der Waals surface area contributed by atoms with E-state index in [2.05, 4.69) is 32.4 Å². The molecule has 26 heavy (non-hydrogen) atoms. The smallest absolute Gasteiger partial charge is 0.222 e. The second kappa shape index (κ2) is 9.58. The Morgan fingerprint density at radius 3 is 2.77 bits per heavy atom. The summed E-state index contributed by atoms with van der Waals surface area (Å²) in [7, 11) is 0. The summed E-state index contributed by atoms with van der Waals surface area (Å²) >= 11 is 0. The quantitative estimate of drug-likeness (QED) is 0.827. The lowest BCUT2D eigenvalue weighted by Crippen LogP contribution is -2.38. The molecule has 0 spiro atoms. The molecule has 2 saturated heterocycles. The number of hydrogen-bond acceptors (Lipinski definition) is 3. The second-order valence-electron chi connectivity index (χ2n) is 7.20. The first-order valence-corrected chi connectivity index (χ1v) is 9.22. The number of aromatic amines is 1. The van der Waals surface area contributed by atoms with E-state index in [4.69, 9.17) is 0 Å². The minimum Gasteiger partial charge on any atom is -0.346 e. The Morgan fingerprint density at radius 1 is 1.23 bits per heavy atom. The van der Waals surface area contributed by atoms with Gasteiger partial charge >= 0.3 is 0 Å². The van der Waals surface area contributed by atoms with Crippen molar-refractivity contribution in [2.75, 3.05) is 26.2 Å². The van der Waals surface area contributed by atoms with Gasteiger partial charge < -0.3 is 15.2 Å². The van der Waals surface area contributed by atoms with E-state index >= 15 is 0 Å². The van der Waals surface area contributed by atoms with E-state index in [-0.39, 0.29) is 24.8 Å². The number of rotatable bonds is 4. The van der Waals surface area contributed by atoms with Gasteiger partial charge in [-0.15, -0.1) is 24.8 Å². The van der Waals surface area contributed by atoms with Gasteiger partial charge in [0.05, 0.1) is 0 Å². The van der Waals surface area contributed by atoms with Crippen molar-refractivity contribution >= 4 is 41.8 Å². The van der Waals surface area contributed by atoms with Crippen LogP contribution in [-0.4, -0.2) is 47.0 Å². The van der Waals surface area contributed by atoms with E-state index in [9.17, 15) is 4.79 Å². The van der Waals surface area contributed by atoms with Gasteiger partial charge in [0.2, 0.25) is 5.91 Å². The van der Waals surface area contributed by atoms with Crippen LogP contribution in [0, 0.1) is 5.92 Å². The second-order valence-corrected chi connectivity index (χ2v) is 7.20. The van der Waals surface area contributed by atoms with E-state index in [0.717, 1.165) is 51.1 Å². The summed E-state index contributed by atoms with van der Waals surface area (Å²) in [5, 5.41) is 4.61. The molecule has 4 rings (SSSR count). The van der Waals surface area contributed by atoms with E-state index in [1.807, 2.05) is 12.3 Å². The molecule has 2 N–H and O–H groups in total. The minimum absolute atomic E-state index is 0. The molecule has 0 radical (unpaired) electrons. The maximum absolute atomic E-state index is 12.4. The maximum atomic E-state index is 12.4. The average molecular weight is 399 g/mol. The first-order valence-electron chi connectivity index (χ1n) is 9.22. The van der Waals surface area contributed by atoms with Gasteiger partial charge in [-0.25, -0.2) is 4.98 Å². The van der Waals surface area contributed by atoms with Crippen molar-refractivity contribution < 1.29 is 4.79 Å². The fourth-order valence-corrected chi connectivity index (χ4v) is 4.20. The SMILES string of the molecule is Cl.Cl.O=C(CCC1CCNC1)N1CCC(c2c[nH]c3ncccc23)CC1. The molecule has 0 bridgehead atoms. The van der Waals surface area contributed by atoms with Gasteiger partial charge in [0, 0.05) is 37.3 Å². The molecule has 0 saturated carbocycles. The Bertz CT molecular complexity index is 706. The van der Waals surface area contributed by atoms with Crippen LogP contribution in [0.4, 0.5) is 0 Å². The fourth-order valence-electron chi connectivity index (χ4n) is 4.20. The van der Waals surface area contributed by atoms with E-state index in [1.54, 1.807) is 0 Å². The van der Waals surface area contributed by atoms with Crippen LogP contribution in [-0.2, 0) is 4.79 Å². The molecule has 0 aliphatic carbocycles. The summed E-state index contributed by atoms with van der Waals surface area (Å²) in [6.45, 7) is 3.98. The zero-order chi connectivity index (χ0) is 16.4. The predicted molar refractivity (Wildman–Crippen MR) is 109 cm³/mol. The third kappa shape index (κ3) is 4.51. The molecule has 0 aromatic carbocycles. The largest absolute Gasteiger partial charge is 0.346 e. The van der Waals surface area contributed by atoms with E-state index in [1.165, 1.54) is 17.4 Å². The molecule has 1 atom stereocenters. The highest BCUT2D eigenvalue weighted by Gasteiger charge is 2.26. The van der Waals surface area contributed by atoms with Crippen LogP contribution in [0.3, 0.4) is 0 Å². The lowest BCUT2D eigenvalue weighted by atomic mass is 9.89. The predicted octanol–water partition coefficient (Wildman–Crippen LogP) is 3.50. The number of piperidine rings is 1. The van der Waals surface area contributed by atoms with Crippen molar-refractivity contribution in [3.63, 3.8) is 0 Å². The molecule has 2 aromatic heterocycles. The highest BCUT2D eigenvalue weighted by atomic mass is 35.5. The Labute approximate surface area is 167 Å². The van der Waals surface area contributed by atoms with Crippen LogP contribution in [0.15, 0.2) is 24.5 Å². The van der Waals surface area contributed by atoms with Crippen molar-refractivity contribution in [2.45, 2.75) is 38.0 Å². The molecular weight excluding hydrogens is 371 g/mol. The number of carbonyl (C=O) groups is 1. The number of nitrogens with one attached hydrogen (secondary N) is 2. The molecule has 4 heterocycles. The highest BCUT2D eigenvalue weighted by molar-refractivity contribution is 5.85. The molecule has 1 amide bonds. The van der Waals surface area contributed by atoms with Crippen molar-refractivity contribution in [3.05, 3.63) is 30.1 Å². The van der Waals surface area contributed by atoms with Crippen LogP contribution in [0.1, 0.15) is 43.6 Å². The van der Waals surface area contributed by atoms with Crippen LogP contribution in [0.2, 0.25) is 0 Å². The number of likely N-dealkylation sites (tertiary alicyclic amines) is 1. The number of fused-ring (bicyclic) bond motifs is 1. The van der Waals surface area contributed by atoms with Crippen LogP contribution >= 0.6 is 24.8 Å². The molecular formula is C19H28Cl2N4O. The van der Waals surface area contributed by atoms with Crippen molar-refractivity contribution in [3.8, 4) is 0 Å². The first kappa shape index (κ1) is 21.0. The Balaban J connectivity index is 0.00000121. The summed E-state index contributed by atoms with van der Waals surface area (Å²) in [5.41, 5.74) is 2.33. The molecule has 2 aliphatic heterocycles. The van der Waals surface area contributed by atoms with Crippen molar-refractivity contribution in [2.24, 2.45) is 5.92 Å². The number of pyridine rings is 1. The summed E-state index contributed by atoms with van der Waals surface area (Å²) in [6, 6.07) is 4.14. The zero-order valence-corrected chi connectivity index (χ0v) is 16.6. The van der Waals surface area contributed by atoms with Crippen LogP contribution in [0.25, 0.3) is 11.0 Å². The van der Waals surface area contributed by atoms with Gasteiger partial charge in [-0.3, -0.25) is 4.79 Å². The van der Waals surface area contributed by atoms with Gasteiger partial charge in [-0.05, 0) is 68.3 Å². The number of hydrogen-bond donors (Lipinski definition) is 2. The van der Waals surface area contributed by atoms with Crippen LogP contribution < -0.4 is 5.32 Å². The van der Waals surface area contributed by atoms with Gasteiger partial charge in [0.15, 0.2) is 0 Å². The van der Waals surface area contributed by atoms with Crippen LogP contribution in [0.5, 0.6) is 0 Å². The lowest BCUT2D eigenvalue weighted by Gasteiger charge is -2.32. The van der Waals surface area contributed by atoms with Gasteiger partial charge in [0.1, 0.15) is 5.65 Å². The fraction of sp³-hybridized carbons (Fsp3) is 0.579. The monoisotopic (exact) mass is 398 g/mol. The Kier molecular flexibility index (Phi) is 7.74. The number of amides is 1. The molecule has 2 aromatic rings. The topological polar surface area (TPSA) is 61.0 Å². The molecule has 5 nitrogen and oxygen atoms in total. The zero-order valence-electron chi connectivity index (χ0n) is 14.9. The standard InChI is InChI=1S/C19H26N4O.2ClH/c24-18(4-3-14-5-9-20-12-14)23-10-6-15(7-11-23)17-13-22-19-16(17)2-1-8-21-19;;/h1-2,8,13-15,20H,3-7,9-12H2,(H,21,22);2*1H. The number of carbonyl (C=O) groups excluding carboxylic acids is 1. The van der Waals surface area contributed by atoms with E-state index in [0.29, 0.717) is 24.2 Å². The minimum atomic E-state index is 0. The molecule has 2 fully saturated rings. The Hall–Kier alpha value is -1.30. The van der Waals surface area contributed by atoms with Gasteiger partial charge in [-0.2, -0.15) is 0 Å². The number of halogens is 2. The maximum Gasteiger partial charge on any atom is 0.222 e.